The van der Waals surface area contributed by atoms with Gasteiger partial charge in [-0.2, -0.15) is 0 Å². The van der Waals surface area contributed by atoms with Crippen LogP contribution in [0.5, 0.6) is 0 Å². The third-order valence-corrected chi connectivity index (χ3v) is 1.99. The van der Waals surface area contributed by atoms with Crippen LogP contribution < -0.4 is 11.1 Å². The van der Waals surface area contributed by atoms with Crippen LogP contribution in [-0.4, -0.2) is 24.9 Å². The number of nitrogens with one attached hydrogen (secondary N) is 1. The molecule has 0 spiro atoms. The van der Waals surface area contributed by atoms with Gasteiger partial charge < -0.3 is 11.1 Å². The predicted molar refractivity (Wildman–Crippen MR) is 58.3 cm³/mol. The van der Waals surface area contributed by atoms with Gasteiger partial charge in [0.1, 0.15) is 0 Å². The van der Waals surface area contributed by atoms with Crippen molar-refractivity contribution < 1.29 is 13.6 Å². The molecule has 0 rings (SSSR count). The van der Waals surface area contributed by atoms with Crippen molar-refractivity contribution in [1.82, 2.24) is 5.32 Å². The van der Waals surface area contributed by atoms with Crippen molar-refractivity contribution in [2.24, 2.45) is 11.7 Å². The molecule has 0 saturated carbocycles. The lowest BCUT2D eigenvalue weighted by Crippen LogP contribution is -2.43. The van der Waals surface area contributed by atoms with E-state index in [-0.39, 0.29) is 24.2 Å². The van der Waals surface area contributed by atoms with Gasteiger partial charge in [-0.05, 0) is 6.42 Å². The number of halogens is 3. The fourth-order valence-electron chi connectivity index (χ4n) is 1.03. The third-order valence-electron chi connectivity index (χ3n) is 1.99. The Hall–Kier alpha value is -0.420. The van der Waals surface area contributed by atoms with Crippen LogP contribution in [0.1, 0.15) is 26.7 Å². The lowest BCUT2D eigenvalue weighted by molar-refractivity contribution is -0.126. The van der Waals surface area contributed by atoms with Gasteiger partial charge >= 0.3 is 0 Å². The summed E-state index contributed by atoms with van der Waals surface area (Å²) in [4.78, 5) is 11.2. The first-order valence-corrected chi connectivity index (χ1v) is 4.78. The Bertz CT molecular complexity index is 191. The summed E-state index contributed by atoms with van der Waals surface area (Å²) in [5.41, 5.74) is 4.83. The van der Waals surface area contributed by atoms with Crippen molar-refractivity contribution in [2.75, 3.05) is 13.1 Å². The van der Waals surface area contributed by atoms with Crippen LogP contribution >= 0.6 is 12.4 Å². The maximum absolute atomic E-state index is 12.6. The highest BCUT2D eigenvalue weighted by Crippen LogP contribution is 2.10. The van der Waals surface area contributed by atoms with E-state index >= 15 is 0 Å². The standard InChI is InChI=1S/C9H18F2N2O.ClH/c1-3-4-7(2)8(14)13-6-9(10,11)5-12;/h7H,3-6,12H2,1-2H3,(H,13,14);1H. The van der Waals surface area contributed by atoms with E-state index in [1.165, 1.54) is 0 Å². The quantitative estimate of drug-likeness (QED) is 0.745. The van der Waals surface area contributed by atoms with Crippen LogP contribution in [0.4, 0.5) is 8.78 Å². The molecule has 1 unspecified atom stereocenters. The molecule has 15 heavy (non-hydrogen) atoms. The van der Waals surface area contributed by atoms with Gasteiger partial charge in [-0.3, -0.25) is 4.79 Å². The Balaban J connectivity index is 0. The molecule has 0 fully saturated rings. The molecule has 0 heterocycles. The Morgan fingerprint density at radius 3 is 2.47 bits per heavy atom. The van der Waals surface area contributed by atoms with E-state index in [1.54, 1.807) is 6.92 Å². The Labute approximate surface area is 95.2 Å². The van der Waals surface area contributed by atoms with E-state index in [4.69, 9.17) is 5.73 Å². The molecule has 92 valence electrons. The van der Waals surface area contributed by atoms with Gasteiger partial charge in [-0.15, -0.1) is 12.4 Å². The first-order valence-electron chi connectivity index (χ1n) is 4.78. The van der Waals surface area contributed by atoms with Crippen LogP contribution in [-0.2, 0) is 4.79 Å². The van der Waals surface area contributed by atoms with Gasteiger partial charge in [0.25, 0.3) is 5.92 Å². The van der Waals surface area contributed by atoms with E-state index in [0.717, 1.165) is 6.42 Å². The third kappa shape index (κ3) is 7.50. The molecule has 1 amide bonds. The molecular formula is C9H19ClF2N2O. The number of hydrogen-bond donors (Lipinski definition) is 2. The summed E-state index contributed by atoms with van der Waals surface area (Å²) in [6, 6.07) is 0. The molecule has 3 N–H and O–H groups in total. The average Bonchev–Trinajstić information content (AvgIpc) is 2.15. The largest absolute Gasteiger partial charge is 0.350 e. The minimum Gasteiger partial charge on any atom is -0.350 e. The highest BCUT2D eigenvalue weighted by atomic mass is 35.5. The monoisotopic (exact) mass is 244 g/mol. The number of amides is 1. The molecule has 0 aliphatic rings. The molecular weight excluding hydrogens is 226 g/mol. The SMILES string of the molecule is CCCC(C)C(=O)NCC(F)(F)CN.Cl. The molecule has 0 aliphatic heterocycles. The first-order chi connectivity index (χ1) is 6.43. The van der Waals surface area contributed by atoms with Crippen LogP contribution in [0.3, 0.4) is 0 Å². The molecule has 1 atom stereocenters. The summed E-state index contributed by atoms with van der Waals surface area (Å²) in [5, 5.41) is 2.19. The molecule has 0 aromatic carbocycles. The highest BCUT2D eigenvalue weighted by Gasteiger charge is 2.27. The second-order valence-corrected chi connectivity index (χ2v) is 3.47. The minimum absolute atomic E-state index is 0. The second kappa shape index (κ2) is 7.82. The Kier molecular flexibility index (Phi) is 8.86. The summed E-state index contributed by atoms with van der Waals surface area (Å²) in [7, 11) is 0. The minimum atomic E-state index is -3.00. The topological polar surface area (TPSA) is 55.1 Å². The number of carbonyl (C=O) groups is 1. The van der Waals surface area contributed by atoms with Crippen molar-refractivity contribution >= 4 is 18.3 Å². The number of hydrogen-bond acceptors (Lipinski definition) is 2. The van der Waals surface area contributed by atoms with E-state index in [9.17, 15) is 13.6 Å². The molecule has 0 aliphatic carbocycles. The zero-order valence-electron chi connectivity index (χ0n) is 9.06. The van der Waals surface area contributed by atoms with E-state index < -0.39 is 19.0 Å². The Morgan fingerprint density at radius 2 is 2.07 bits per heavy atom. The number of alkyl halides is 2. The normalized spacial score (nSPS) is 12.9. The van der Waals surface area contributed by atoms with Crippen LogP contribution in [0.25, 0.3) is 0 Å². The maximum atomic E-state index is 12.6. The van der Waals surface area contributed by atoms with Gasteiger partial charge in [0.05, 0.1) is 13.1 Å². The molecule has 0 aromatic heterocycles. The molecule has 0 radical (unpaired) electrons. The van der Waals surface area contributed by atoms with E-state index in [1.807, 2.05) is 6.92 Å². The Morgan fingerprint density at radius 1 is 1.53 bits per heavy atom. The van der Waals surface area contributed by atoms with Crippen LogP contribution in [0.15, 0.2) is 0 Å². The summed E-state index contributed by atoms with van der Waals surface area (Å²) >= 11 is 0. The average molecular weight is 245 g/mol. The molecule has 6 heteroatoms. The number of rotatable bonds is 6. The number of nitrogens with two attached hydrogens (primary N) is 1. The molecule has 0 saturated heterocycles. The van der Waals surface area contributed by atoms with Gasteiger partial charge in [0, 0.05) is 5.92 Å². The van der Waals surface area contributed by atoms with Crippen molar-refractivity contribution in [3.8, 4) is 0 Å². The van der Waals surface area contributed by atoms with Crippen molar-refractivity contribution in [2.45, 2.75) is 32.6 Å². The lowest BCUT2D eigenvalue weighted by atomic mass is 10.1. The predicted octanol–water partition coefficient (Wildman–Crippen LogP) is 1.55. The van der Waals surface area contributed by atoms with E-state index in [0.29, 0.717) is 6.42 Å². The summed E-state index contributed by atoms with van der Waals surface area (Å²) in [5.74, 6) is -3.55. The molecule has 0 aromatic rings. The van der Waals surface area contributed by atoms with Crippen molar-refractivity contribution in [3.63, 3.8) is 0 Å². The second-order valence-electron chi connectivity index (χ2n) is 3.47. The number of carbonyl (C=O) groups excluding carboxylic acids is 1. The van der Waals surface area contributed by atoms with Gasteiger partial charge in [0.15, 0.2) is 0 Å². The highest BCUT2D eigenvalue weighted by molar-refractivity contribution is 5.85. The zero-order chi connectivity index (χ0) is 11.2. The fraction of sp³-hybridized carbons (Fsp3) is 0.889. The fourth-order valence-corrected chi connectivity index (χ4v) is 1.03. The first kappa shape index (κ1) is 17.0. The summed E-state index contributed by atoms with van der Waals surface area (Å²) in [6.07, 6.45) is 1.57. The van der Waals surface area contributed by atoms with E-state index in [2.05, 4.69) is 5.32 Å². The maximum Gasteiger partial charge on any atom is 0.277 e. The van der Waals surface area contributed by atoms with Gasteiger partial charge in [0.2, 0.25) is 5.91 Å². The summed E-state index contributed by atoms with van der Waals surface area (Å²) in [6.45, 7) is 2.25. The zero-order valence-corrected chi connectivity index (χ0v) is 9.87. The molecule has 0 bridgehead atoms. The van der Waals surface area contributed by atoms with Gasteiger partial charge in [-0.25, -0.2) is 8.78 Å². The summed E-state index contributed by atoms with van der Waals surface area (Å²) < 4.78 is 25.2. The van der Waals surface area contributed by atoms with Gasteiger partial charge in [-0.1, -0.05) is 20.3 Å². The lowest BCUT2D eigenvalue weighted by Gasteiger charge is -2.16. The van der Waals surface area contributed by atoms with Crippen LogP contribution in [0, 0.1) is 5.92 Å². The molecule has 3 nitrogen and oxygen atoms in total. The van der Waals surface area contributed by atoms with Crippen molar-refractivity contribution in [3.05, 3.63) is 0 Å². The van der Waals surface area contributed by atoms with Crippen molar-refractivity contribution in [1.29, 1.82) is 0 Å². The smallest absolute Gasteiger partial charge is 0.277 e. The van der Waals surface area contributed by atoms with Crippen LogP contribution in [0.2, 0.25) is 0 Å².